The largest absolute Gasteiger partial charge is 0.337 e. The van der Waals surface area contributed by atoms with E-state index in [1.54, 1.807) is 27.1 Å². The van der Waals surface area contributed by atoms with E-state index in [9.17, 15) is 9.59 Å². The summed E-state index contributed by atoms with van der Waals surface area (Å²) in [6.07, 6.45) is 0.639. The first kappa shape index (κ1) is 14.5. The molecule has 0 spiro atoms. The van der Waals surface area contributed by atoms with Gasteiger partial charge >= 0.3 is 0 Å². The van der Waals surface area contributed by atoms with Crippen molar-refractivity contribution in [3.05, 3.63) is 28.8 Å². The monoisotopic (exact) mass is 268 g/mol. The maximum Gasteiger partial charge on any atom is 0.249 e. The molecule has 0 radical (unpaired) electrons. The fraction of sp³-hybridized carbons (Fsp3) is 0.385. The zero-order chi connectivity index (χ0) is 13.9. The fourth-order valence-electron chi connectivity index (χ4n) is 1.58. The summed E-state index contributed by atoms with van der Waals surface area (Å²) in [7, 11) is 3.25. The molecule has 98 valence electrons. The van der Waals surface area contributed by atoms with Gasteiger partial charge in [-0.1, -0.05) is 11.6 Å². The lowest BCUT2D eigenvalue weighted by Crippen LogP contribution is -2.43. The predicted octanol–water partition coefficient (Wildman–Crippen LogP) is 2.09. The van der Waals surface area contributed by atoms with Crippen LogP contribution in [0.4, 0.5) is 5.69 Å². The van der Waals surface area contributed by atoms with Crippen LogP contribution in [0.2, 0.25) is 5.02 Å². The standard InChI is InChI=1S/C13H17ClN2O2/c1-9-5-11(14)7-12(6-9)16(4)13(18)10(2)15(3)8-17/h5-8,10H,1-4H3. The van der Waals surface area contributed by atoms with Crippen LogP contribution >= 0.6 is 11.6 Å². The van der Waals surface area contributed by atoms with Gasteiger partial charge in [0.25, 0.3) is 0 Å². The molecular weight excluding hydrogens is 252 g/mol. The van der Waals surface area contributed by atoms with Gasteiger partial charge in [0, 0.05) is 24.8 Å². The van der Waals surface area contributed by atoms with Crippen LogP contribution < -0.4 is 4.90 Å². The van der Waals surface area contributed by atoms with Gasteiger partial charge in [0.2, 0.25) is 12.3 Å². The lowest BCUT2D eigenvalue weighted by Gasteiger charge is -2.26. The Bertz CT molecular complexity index is 442. The Labute approximate surface area is 112 Å². The summed E-state index contributed by atoms with van der Waals surface area (Å²) in [5.41, 5.74) is 1.70. The van der Waals surface area contributed by atoms with Crippen molar-refractivity contribution in [2.45, 2.75) is 19.9 Å². The maximum atomic E-state index is 12.1. The van der Waals surface area contributed by atoms with Gasteiger partial charge in [0.1, 0.15) is 6.04 Å². The van der Waals surface area contributed by atoms with Crippen LogP contribution in [-0.4, -0.2) is 37.4 Å². The Morgan fingerprint density at radius 1 is 1.33 bits per heavy atom. The highest BCUT2D eigenvalue weighted by Gasteiger charge is 2.21. The number of carbonyl (C=O) groups is 2. The molecule has 1 aromatic rings. The Morgan fingerprint density at radius 3 is 2.44 bits per heavy atom. The van der Waals surface area contributed by atoms with Gasteiger partial charge < -0.3 is 9.80 Å². The molecule has 1 atom stereocenters. The molecule has 0 fully saturated rings. The van der Waals surface area contributed by atoms with Crippen LogP contribution in [0.5, 0.6) is 0 Å². The van der Waals surface area contributed by atoms with Gasteiger partial charge in [0.05, 0.1) is 0 Å². The summed E-state index contributed by atoms with van der Waals surface area (Å²) in [6.45, 7) is 3.60. The van der Waals surface area contributed by atoms with E-state index in [-0.39, 0.29) is 5.91 Å². The summed E-state index contributed by atoms with van der Waals surface area (Å²) >= 11 is 5.96. The van der Waals surface area contributed by atoms with Crippen molar-refractivity contribution in [3.63, 3.8) is 0 Å². The van der Waals surface area contributed by atoms with Crippen molar-refractivity contribution in [1.29, 1.82) is 0 Å². The number of halogens is 1. The van der Waals surface area contributed by atoms with Gasteiger partial charge in [-0.3, -0.25) is 9.59 Å². The third-order valence-electron chi connectivity index (χ3n) is 2.88. The number of hydrogen-bond acceptors (Lipinski definition) is 2. The number of benzene rings is 1. The summed E-state index contributed by atoms with van der Waals surface area (Å²) in [6, 6.07) is 4.91. The molecule has 0 aliphatic rings. The highest BCUT2D eigenvalue weighted by Crippen LogP contribution is 2.22. The molecule has 18 heavy (non-hydrogen) atoms. The fourth-order valence-corrected chi connectivity index (χ4v) is 1.87. The van der Waals surface area contributed by atoms with E-state index in [1.807, 2.05) is 19.1 Å². The van der Waals surface area contributed by atoms with Crippen LogP contribution in [0, 0.1) is 6.92 Å². The molecule has 0 aliphatic carbocycles. The van der Waals surface area contributed by atoms with Gasteiger partial charge in [-0.05, 0) is 37.6 Å². The van der Waals surface area contributed by atoms with E-state index < -0.39 is 6.04 Å². The van der Waals surface area contributed by atoms with Crippen LogP contribution in [0.25, 0.3) is 0 Å². The van der Waals surface area contributed by atoms with Crippen LogP contribution in [-0.2, 0) is 9.59 Å². The van der Waals surface area contributed by atoms with Crippen molar-refractivity contribution in [2.75, 3.05) is 19.0 Å². The zero-order valence-electron chi connectivity index (χ0n) is 11.0. The third-order valence-corrected chi connectivity index (χ3v) is 3.10. The lowest BCUT2D eigenvalue weighted by atomic mass is 10.2. The van der Waals surface area contributed by atoms with Crippen molar-refractivity contribution in [1.82, 2.24) is 4.90 Å². The molecule has 5 heteroatoms. The third kappa shape index (κ3) is 3.23. The molecule has 0 heterocycles. The number of likely N-dealkylation sites (N-methyl/N-ethyl adjacent to an activating group) is 2. The summed E-state index contributed by atoms with van der Waals surface area (Å²) in [5.74, 6) is -0.161. The highest BCUT2D eigenvalue weighted by atomic mass is 35.5. The molecule has 2 amide bonds. The summed E-state index contributed by atoms with van der Waals surface area (Å²) in [5, 5.41) is 0.584. The van der Waals surface area contributed by atoms with E-state index in [0.29, 0.717) is 11.4 Å². The topological polar surface area (TPSA) is 40.6 Å². The minimum absolute atomic E-state index is 0.161. The second-order valence-corrected chi connectivity index (χ2v) is 4.77. The van der Waals surface area contributed by atoms with E-state index in [1.165, 1.54) is 9.80 Å². The molecule has 1 rings (SSSR count). The summed E-state index contributed by atoms with van der Waals surface area (Å²) < 4.78 is 0. The molecule has 4 nitrogen and oxygen atoms in total. The molecule has 0 N–H and O–H groups in total. The number of amides is 2. The Morgan fingerprint density at radius 2 is 1.94 bits per heavy atom. The highest BCUT2D eigenvalue weighted by molar-refractivity contribution is 6.31. The number of carbonyl (C=O) groups excluding carboxylic acids is 2. The van der Waals surface area contributed by atoms with E-state index in [0.717, 1.165) is 11.3 Å². The second-order valence-electron chi connectivity index (χ2n) is 4.33. The van der Waals surface area contributed by atoms with E-state index in [4.69, 9.17) is 11.6 Å². The van der Waals surface area contributed by atoms with E-state index >= 15 is 0 Å². The van der Waals surface area contributed by atoms with E-state index in [2.05, 4.69) is 0 Å². The molecule has 0 saturated heterocycles. The molecule has 1 aromatic carbocycles. The first-order valence-corrected chi connectivity index (χ1v) is 5.96. The van der Waals surface area contributed by atoms with Crippen molar-refractivity contribution in [3.8, 4) is 0 Å². The normalized spacial score (nSPS) is 11.8. The van der Waals surface area contributed by atoms with Crippen LogP contribution in [0.3, 0.4) is 0 Å². The van der Waals surface area contributed by atoms with Crippen LogP contribution in [0.1, 0.15) is 12.5 Å². The number of rotatable bonds is 4. The Kier molecular flexibility index (Phi) is 4.73. The smallest absolute Gasteiger partial charge is 0.249 e. The average Bonchev–Trinajstić information content (AvgIpc) is 2.33. The van der Waals surface area contributed by atoms with Gasteiger partial charge in [-0.15, -0.1) is 0 Å². The van der Waals surface area contributed by atoms with Crippen molar-refractivity contribution < 1.29 is 9.59 Å². The minimum Gasteiger partial charge on any atom is -0.337 e. The summed E-state index contributed by atoms with van der Waals surface area (Å²) in [4.78, 5) is 25.6. The minimum atomic E-state index is -0.508. The Balaban J connectivity index is 2.96. The molecule has 0 bridgehead atoms. The quantitative estimate of drug-likeness (QED) is 0.785. The number of nitrogens with zero attached hydrogens (tertiary/aromatic N) is 2. The SMILES string of the molecule is Cc1cc(Cl)cc(N(C)C(=O)C(C)N(C)C=O)c1. The molecular formula is C13H17ClN2O2. The van der Waals surface area contributed by atoms with Crippen molar-refractivity contribution in [2.24, 2.45) is 0 Å². The first-order chi connectivity index (χ1) is 8.36. The van der Waals surface area contributed by atoms with Crippen LogP contribution in [0.15, 0.2) is 18.2 Å². The number of anilines is 1. The van der Waals surface area contributed by atoms with Crippen molar-refractivity contribution >= 4 is 29.6 Å². The number of aryl methyl sites for hydroxylation is 1. The second kappa shape index (κ2) is 5.87. The average molecular weight is 269 g/mol. The van der Waals surface area contributed by atoms with Gasteiger partial charge in [-0.2, -0.15) is 0 Å². The Hall–Kier alpha value is -1.55. The molecule has 0 aliphatic heterocycles. The molecule has 0 saturated carbocycles. The predicted molar refractivity (Wildman–Crippen MR) is 72.9 cm³/mol. The first-order valence-electron chi connectivity index (χ1n) is 5.58. The zero-order valence-corrected chi connectivity index (χ0v) is 11.7. The van der Waals surface area contributed by atoms with Gasteiger partial charge in [-0.25, -0.2) is 0 Å². The maximum absolute atomic E-state index is 12.1. The molecule has 1 unspecified atom stereocenters. The molecule has 0 aromatic heterocycles. The lowest BCUT2D eigenvalue weighted by molar-refractivity contribution is -0.129. The van der Waals surface area contributed by atoms with Gasteiger partial charge in [0.15, 0.2) is 0 Å². The number of hydrogen-bond donors (Lipinski definition) is 0.